The van der Waals surface area contributed by atoms with Gasteiger partial charge in [-0.1, -0.05) is 12.1 Å². The first-order valence-electron chi connectivity index (χ1n) is 5.43. The third kappa shape index (κ3) is 4.24. The second-order valence-corrected chi connectivity index (χ2v) is 5.82. The third-order valence-corrected chi connectivity index (χ3v) is 3.63. The molecule has 1 rings (SSSR count). The summed E-state index contributed by atoms with van der Waals surface area (Å²) in [7, 11) is 0.427. The number of hydrogen-bond acceptors (Lipinski definition) is 4. The van der Waals surface area contributed by atoms with Gasteiger partial charge in [-0.3, -0.25) is 4.72 Å². The molecule has 0 aliphatic rings. The Labute approximate surface area is 103 Å². The summed E-state index contributed by atoms with van der Waals surface area (Å²) in [6.45, 7) is 0.371. The highest BCUT2D eigenvalue weighted by atomic mass is 32.2. The Balaban J connectivity index is 2.88. The smallest absolute Gasteiger partial charge is 0.232 e. The fourth-order valence-electron chi connectivity index (χ4n) is 1.44. The van der Waals surface area contributed by atoms with Crippen molar-refractivity contribution in [3.63, 3.8) is 0 Å². The van der Waals surface area contributed by atoms with Crippen molar-refractivity contribution in [2.24, 2.45) is 5.73 Å². The number of benzene rings is 1. The van der Waals surface area contributed by atoms with Crippen molar-refractivity contribution in [3.05, 3.63) is 24.3 Å². The molecule has 0 atom stereocenters. The number of rotatable bonds is 6. The minimum Gasteiger partial charge on any atom is -0.376 e. The number of nitrogens with zero attached hydrogens (tertiary/aromatic N) is 1. The van der Waals surface area contributed by atoms with Crippen LogP contribution < -0.4 is 15.4 Å². The van der Waals surface area contributed by atoms with Gasteiger partial charge in [0.2, 0.25) is 10.0 Å². The molecule has 0 aliphatic heterocycles. The molecule has 0 radical (unpaired) electrons. The number of nitrogens with two attached hydrogens (primary N) is 1. The summed E-state index contributed by atoms with van der Waals surface area (Å²) in [5.41, 5.74) is 6.74. The molecule has 0 aromatic heterocycles. The molecule has 0 amide bonds. The maximum atomic E-state index is 11.7. The minimum atomic E-state index is -3.31. The van der Waals surface area contributed by atoms with Gasteiger partial charge < -0.3 is 10.6 Å². The second-order valence-electron chi connectivity index (χ2n) is 3.97. The number of para-hydroxylation sites is 2. The molecule has 0 fully saturated rings. The van der Waals surface area contributed by atoms with E-state index in [-0.39, 0.29) is 5.75 Å². The minimum absolute atomic E-state index is 0.0469. The fourth-order valence-corrected chi connectivity index (χ4v) is 2.60. The van der Waals surface area contributed by atoms with Crippen molar-refractivity contribution < 1.29 is 8.42 Å². The van der Waals surface area contributed by atoms with Crippen LogP contribution in [0.1, 0.15) is 6.42 Å². The molecule has 0 spiro atoms. The Morgan fingerprint density at radius 2 is 1.94 bits per heavy atom. The Kier molecular flexibility index (Phi) is 4.77. The number of anilines is 2. The predicted octanol–water partition coefficient (Wildman–Crippen LogP) is 0.843. The summed E-state index contributed by atoms with van der Waals surface area (Å²) in [5.74, 6) is 0.0469. The van der Waals surface area contributed by atoms with E-state index in [1.54, 1.807) is 12.1 Å². The van der Waals surface area contributed by atoms with Crippen molar-refractivity contribution in [2.45, 2.75) is 6.42 Å². The molecular formula is C11H19N3O2S. The maximum Gasteiger partial charge on any atom is 0.232 e. The maximum absolute atomic E-state index is 11.7. The quantitative estimate of drug-likeness (QED) is 0.792. The van der Waals surface area contributed by atoms with Gasteiger partial charge in [0.25, 0.3) is 0 Å². The monoisotopic (exact) mass is 257 g/mol. The first-order valence-corrected chi connectivity index (χ1v) is 7.08. The number of nitrogens with one attached hydrogen (secondary N) is 1. The molecule has 17 heavy (non-hydrogen) atoms. The molecule has 0 saturated heterocycles. The number of hydrogen-bond donors (Lipinski definition) is 2. The molecule has 0 saturated carbocycles. The van der Waals surface area contributed by atoms with Gasteiger partial charge in [-0.2, -0.15) is 0 Å². The molecule has 5 nitrogen and oxygen atoms in total. The summed E-state index contributed by atoms with van der Waals surface area (Å²) >= 11 is 0. The van der Waals surface area contributed by atoms with E-state index < -0.39 is 10.0 Å². The molecule has 0 aliphatic carbocycles. The van der Waals surface area contributed by atoms with E-state index in [0.29, 0.717) is 18.7 Å². The lowest BCUT2D eigenvalue weighted by Gasteiger charge is -2.18. The van der Waals surface area contributed by atoms with Crippen LogP contribution in [0.2, 0.25) is 0 Å². The van der Waals surface area contributed by atoms with Crippen molar-refractivity contribution >= 4 is 21.4 Å². The largest absolute Gasteiger partial charge is 0.376 e. The number of sulfonamides is 1. The lowest BCUT2D eigenvalue weighted by molar-refractivity contribution is 0.599. The SMILES string of the molecule is CN(C)c1ccccc1NS(=O)(=O)CCCN. The summed E-state index contributed by atoms with van der Waals surface area (Å²) in [6, 6.07) is 7.27. The highest BCUT2D eigenvalue weighted by Gasteiger charge is 2.12. The fraction of sp³-hybridized carbons (Fsp3) is 0.455. The van der Waals surface area contributed by atoms with Gasteiger partial charge in [0.05, 0.1) is 17.1 Å². The van der Waals surface area contributed by atoms with Crippen molar-refractivity contribution in [2.75, 3.05) is 36.0 Å². The molecule has 1 aromatic rings. The van der Waals surface area contributed by atoms with Crippen LogP contribution in [0.15, 0.2) is 24.3 Å². The van der Waals surface area contributed by atoms with Crippen LogP contribution >= 0.6 is 0 Å². The van der Waals surface area contributed by atoms with Gasteiger partial charge >= 0.3 is 0 Å². The Bertz CT molecular complexity index is 458. The van der Waals surface area contributed by atoms with Gasteiger partial charge in [-0.15, -0.1) is 0 Å². The molecule has 3 N–H and O–H groups in total. The van der Waals surface area contributed by atoms with Gasteiger partial charge in [0, 0.05) is 14.1 Å². The van der Waals surface area contributed by atoms with E-state index in [9.17, 15) is 8.42 Å². The predicted molar refractivity (Wildman–Crippen MR) is 71.8 cm³/mol. The molecule has 6 heteroatoms. The van der Waals surface area contributed by atoms with Crippen LogP contribution in [0, 0.1) is 0 Å². The summed E-state index contributed by atoms with van der Waals surface area (Å²) in [6.07, 6.45) is 0.458. The van der Waals surface area contributed by atoms with Crippen molar-refractivity contribution in [1.82, 2.24) is 0 Å². The van der Waals surface area contributed by atoms with Gasteiger partial charge in [-0.25, -0.2) is 8.42 Å². The highest BCUT2D eigenvalue weighted by Crippen LogP contribution is 2.24. The topological polar surface area (TPSA) is 75.4 Å². The van der Waals surface area contributed by atoms with Crippen LogP contribution in [-0.2, 0) is 10.0 Å². The van der Waals surface area contributed by atoms with Crippen molar-refractivity contribution in [1.29, 1.82) is 0 Å². The molecule has 0 unspecified atom stereocenters. The van der Waals surface area contributed by atoms with Crippen LogP contribution in [-0.4, -0.2) is 34.8 Å². The van der Waals surface area contributed by atoms with E-state index >= 15 is 0 Å². The van der Waals surface area contributed by atoms with Crippen LogP contribution in [0.5, 0.6) is 0 Å². The first-order chi connectivity index (χ1) is 7.96. The molecular weight excluding hydrogens is 238 g/mol. The molecule has 0 heterocycles. The summed E-state index contributed by atoms with van der Waals surface area (Å²) in [5, 5.41) is 0. The molecule has 0 bridgehead atoms. The lowest BCUT2D eigenvalue weighted by atomic mass is 10.2. The average Bonchev–Trinajstić information content (AvgIpc) is 2.26. The van der Waals surface area contributed by atoms with Gasteiger partial charge in [-0.05, 0) is 25.1 Å². The van der Waals surface area contributed by atoms with E-state index in [0.717, 1.165) is 5.69 Å². The summed E-state index contributed by atoms with van der Waals surface area (Å²) in [4.78, 5) is 1.86. The lowest BCUT2D eigenvalue weighted by Crippen LogP contribution is -2.21. The van der Waals surface area contributed by atoms with E-state index in [1.165, 1.54) is 0 Å². The third-order valence-electron chi connectivity index (χ3n) is 2.27. The first kappa shape index (κ1) is 13.8. The van der Waals surface area contributed by atoms with E-state index in [2.05, 4.69) is 4.72 Å². The zero-order chi connectivity index (χ0) is 12.9. The second kappa shape index (κ2) is 5.88. The zero-order valence-electron chi connectivity index (χ0n) is 10.2. The average molecular weight is 257 g/mol. The molecule has 1 aromatic carbocycles. The Hall–Kier alpha value is -1.27. The van der Waals surface area contributed by atoms with E-state index in [4.69, 9.17) is 5.73 Å². The normalized spacial score (nSPS) is 11.2. The Morgan fingerprint density at radius 3 is 2.53 bits per heavy atom. The van der Waals surface area contributed by atoms with Crippen LogP contribution in [0.25, 0.3) is 0 Å². The highest BCUT2D eigenvalue weighted by molar-refractivity contribution is 7.92. The van der Waals surface area contributed by atoms with Crippen LogP contribution in [0.3, 0.4) is 0 Å². The zero-order valence-corrected chi connectivity index (χ0v) is 11.0. The van der Waals surface area contributed by atoms with Crippen molar-refractivity contribution in [3.8, 4) is 0 Å². The molecule has 96 valence electrons. The summed E-state index contributed by atoms with van der Waals surface area (Å²) < 4.78 is 26.1. The van der Waals surface area contributed by atoms with Crippen LogP contribution in [0.4, 0.5) is 11.4 Å². The standard InChI is InChI=1S/C11H19N3O2S/c1-14(2)11-7-4-3-6-10(11)13-17(15,16)9-5-8-12/h3-4,6-7,13H,5,8-9,12H2,1-2H3. The van der Waals surface area contributed by atoms with E-state index in [1.807, 2.05) is 31.1 Å². The van der Waals surface area contributed by atoms with Gasteiger partial charge in [0.15, 0.2) is 0 Å². The Morgan fingerprint density at radius 1 is 1.29 bits per heavy atom. The van der Waals surface area contributed by atoms with Gasteiger partial charge in [0.1, 0.15) is 0 Å².